The molecule has 4 aromatic rings. The fraction of sp³-hybridized carbons (Fsp3) is 0.231. The third kappa shape index (κ3) is 5.09. The lowest BCUT2D eigenvalue weighted by Crippen LogP contribution is -2.31. The number of nitrogens with zero attached hydrogens (tertiary/aromatic N) is 4. The van der Waals surface area contributed by atoms with Crippen LogP contribution in [0, 0.1) is 5.82 Å². The first-order valence-electron chi connectivity index (χ1n) is 11.5. The number of rotatable bonds is 7. The zero-order valence-corrected chi connectivity index (χ0v) is 20.1. The van der Waals surface area contributed by atoms with Crippen molar-refractivity contribution in [2.45, 2.75) is 24.9 Å². The van der Waals surface area contributed by atoms with Crippen molar-refractivity contribution in [3.05, 3.63) is 95.6 Å². The number of hydrogen-bond acceptors (Lipinski definition) is 6. The molecule has 8 nitrogen and oxygen atoms in total. The number of carbonyl (C=O) groups is 2. The van der Waals surface area contributed by atoms with Gasteiger partial charge in [-0.05, 0) is 47.0 Å². The van der Waals surface area contributed by atoms with Gasteiger partial charge in [-0.1, -0.05) is 47.7 Å². The van der Waals surface area contributed by atoms with E-state index in [0.717, 1.165) is 16.3 Å². The van der Waals surface area contributed by atoms with Crippen molar-refractivity contribution in [2.24, 2.45) is 0 Å². The SMILES string of the molecule is O=C(C[C@@H](Cc1ccc2ccccc2c1)n1cc(C2CSCN2C(=O)c2ccc(F)cc2)nn1)NO. The average Bonchev–Trinajstić information content (AvgIpc) is 3.58. The minimum atomic E-state index is -0.526. The van der Waals surface area contributed by atoms with Gasteiger partial charge in [-0.25, -0.2) is 14.6 Å². The van der Waals surface area contributed by atoms with Crippen LogP contribution in [-0.2, 0) is 11.2 Å². The summed E-state index contributed by atoms with van der Waals surface area (Å²) in [6.45, 7) is 0. The predicted molar refractivity (Wildman–Crippen MR) is 134 cm³/mol. The molecule has 36 heavy (non-hydrogen) atoms. The maximum atomic E-state index is 13.3. The molecular weight excluding hydrogens is 481 g/mol. The Morgan fingerprint density at radius 1 is 1.11 bits per heavy atom. The normalized spacial score (nSPS) is 16.3. The molecule has 2 amide bonds. The smallest absolute Gasteiger partial charge is 0.255 e. The number of thioether (sulfide) groups is 1. The molecule has 2 heterocycles. The summed E-state index contributed by atoms with van der Waals surface area (Å²) >= 11 is 1.60. The number of hydroxylamine groups is 1. The van der Waals surface area contributed by atoms with Crippen LogP contribution in [0.1, 0.15) is 40.1 Å². The maximum absolute atomic E-state index is 13.3. The van der Waals surface area contributed by atoms with E-state index < -0.39 is 17.8 Å². The van der Waals surface area contributed by atoms with Gasteiger partial charge in [0.05, 0.1) is 30.6 Å². The third-order valence-electron chi connectivity index (χ3n) is 6.31. The van der Waals surface area contributed by atoms with Crippen molar-refractivity contribution in [2.75, 3.05) is 11.6 Å². The van der Waals surface area contributed by atoms with Crippen molar-refractivity contribution in [1.29, 1.82) is 0 Å². The van der Waals surface area contributed by atoms with Gasteiger partial charge in [0, 0.05) is 11.3 Å². The van der Waals surface area contributed by atoms with Gasteiger partial charge in [-0.15, -0.1) is 16.9 Å². The molecule has 10 heteroatoms. The lowest BCUT2D eigenvalue weighted by Gasteiger charge is -2.22. The van der Waals surface area contributed by atoms with Gasteiger partial charge >= 0.3 is 0 Å². The molecule has 184 valence electrons. The van der Waals surface area contributed by atoms with Crippen LogP contribution in [0.25, 0.3) is 10.8 Å². The summed E-state index contributed by atoms with van der Waals surface area (Å²) in [4.78, 5) is 26.8. The highest BCUT2D eigenvalue weighted by atomic mass is 32.2. The lowest BCUT2D eigenvalue weighted by atomic mass is 10.00. The summed E-state index contributed by atoms with van der Waals surface area (Å²) in [6, 6.07) is 19.0. The highest BCUT2D eigenvalue weighted by Crippen LogP contribution is 2.34. The molecular formula is C26H24FN5O3S. The van der Waals surface area contributed by atoms with Gasteiger partial charge in [0.25, 0.3) is 5.91 Å². The third-order valence-corrected chi connectivity index (χ3v) is 7.32. The van der Waals surface area contributed by atoms with Crippen molar-refractivity contribution in [1.82, 2.24) is 25.4 Å². The van der Waals surface area contributed by atoms with E-state index in [-0.39, 0.29) is 18.4 Å². The molecule has 1 saturated heterocycles. The van der Waals surface area contributed by atoms with E-state index in [1.165, 1.54) is 24.3 Å². The summed E-state index contributed by atoms with van der Waals surface area (Å²) in [5, 5.41) is 20.0. The summed E-state index contributed by atoms with van der Waals surface area (Å²) in [5.41, 5.74) is 3.74. The number of fused-ring (bicyclic) bond motifs is 1. The molecule has 5 rings (SSSR count). The van der Waals surface area contributed by atoms with Gasteiger partial charge < -0.3 is 4.90 Å². The second-order valence-corrected chi connectivity index (χ2v) is 9.70. The zero-order valence-electron chi connectivity index (χ0n) is 19.3. The van der Waals surface area contributed by atoms with Gasteiger partial charge in [-0.2, -0.15) is 0 Å². The summed E-state index contributed by atoms with van der Waals surface area (Å²) < 4.78 is 14.9. The first-order valence-corrected chi connectivity index (χ1v) is 12.6. The molecule has 1 unspecified atom stereocenters. The number of aromatic nitrogens is 3. The number of halogens is 1. The summed E-state index contributed by atoms with van der Waals surface area (Å²) in [6.07, 6.45) is 2.26. The van der Waals surface area contributed by atoms with E-state index in [1.807, 2.05) is 36.4 Å². The second kappa shape index (κ2) is 10.5. The number of hydrogen-bond donors (Lipinski definition) is 2. The number of benzene rings is 3. The van der Waals surface area contributed by atoms with Crippen LogP contribution in [0.5, 0.6) is 0 Å². The number of carbonyl (C=O) groups excluding carboxylic acids is 2. The Bertz CT molecular complexity index is 1390. The predicted octanol–water partition coefficient (Wildman–Crippen LogP) is 4.14. The molecule has 0 aliphatic carbocycles. The van der Waals surface area contributed by atoms with Crippen LogP contribution in [0.2, 0.25) is 0 Å². The second-order valence-electron chi connectivity index (χ2n) is 8.70. The van der Waals surface area contributed by atoms with Crippen LogP contribution in [0.15, 0.2) is 72.9 Å². The highest BCUT2D eigenvalue weighted by molar-refractivity contribution is 7.99. The summed E-state index contributed by atoms with van der Waals surface area (Å²) in [7, 11) is 0. The Kier molecular flexibility index (Phi) is 6.97. The van der Waals surface area contributed by atoms with Crippen LogP contribution in [0.3, 0.4) is 0 Å². The van der Waals surface area contributed by atoms with Gasteiger partial charge in [0.2, 0.25) is 5.91 Å². The Hall–Kier alpha value is -3.76. The Morgan fingerprint density at radius 3 is 2.67 bits per heavy atom. The number of amides is 2. The minimum absolute atomic E-state index is 0.00374. The quantitative estimate of drug-likeness (QED) is 0.289. The molecule has 1 aliphatic heterocycles. The van der Waals surface area contributed by atoms with E-state index in [2.05, 4.69) is 16.4 Å². The monoisotopic (exact) mass is 505 g/mol. The average molecular weight is 506 g/mol. The molecule has 0 saturated carbocycles. The molecule has 2 N–H and O–H groups in total. The van der Waals surface area contributed by atoms with Crippen molar-refractivity contribution in [3.63, 3.8) is 0 Å². The molecule has 1 aliphatic rings. The topological polar surface area (TPSA) is 100 Å². The van der Waals surface area contributed by atoms with Crippen molar-refractivity contribution in [3.8, 4) is 0 Å². The van der Waals surface area contributed by atoms with E-state index in [4.69, 9.17) is 5.21 Å². The molecule has 0 radical (unpaired) electrons. The molecule has 0 spiro atoms. The van der Waals surface area contributed by atoms with Gasteiger partial charge in [0.1, 0.15) is 11.5 Å². The largest absolute Gasteiger partial charge is 0.320 e. The van der Waals surface area contributed by atoms with Crippen LogP contribution in [-0.4, -0.2) is 48.5 Å². The van der Waals surface area contributed by atoms with E-state index in [1.54, 1.807) is 33.0 Å². The standard InChI is InChI=1S/C26H24FN5O3S/c27-21-9-7-19(8-10-21)26(34)31-16-36-15-24(31)23-14-32(30-28-23)22(13-25(33)29-35)12-17-5-6-18-3-1-2-4-20(18)11-17/h1-11,14,22,24,35H,12-13,15-16H2,(H,29,33)/t22-,24?/m1/s1. The number of nitrogens with one attached hydrogen (secondary N) is 1. The lowest BCUT2D eigenvalue weighted by molar-refractivity contribution is -0.130. The first kappa shape index (κ1) is 24.0. The summed E-state index contributed by atoms with van der Waals surface area (Å²) in [5.74, 6) is 0.0136. The van der Waals surface area contributed by atoms with E-state index >= 15 is 0 Å². The fourth-order valence-electron chi connectivity index (χ4n) is 4.42. The van der Waals surface area contributed by atoms with Gasteiger partial charge in [-0.3, -0.25) is 14.8 Å². The zero-order chi connectivity index (χ0) is 25.1. The van der Waals surface area contributed by atoms with E-state index in [0.29, 0.717) is 29.3 Å². The first-order chi connectivity index (χ1) is 17.5. The Morgan fingerprint density at radius 2 is 1.89 bits per heavy atom. The minimum Gasteiger partial charge on any atom is -0.320 e. The molecule has 3 aromatic carbocycles. The van der Waals surface area contributed by atoms with Crippen LogP contribution < -0.4 is 5.48 Å². The highest BCUT2D eigenvalue weighted by Gasteiger charge is 2.33. The van der Waals surface area contributed by atoms with E-state index in [9.17, 15) is 14.0 Å². The van der Waals surface area contributed by atoms with Crippen LogP contribution in [0.4, 0.5) is 4.39 Å². The molecule has 1 aromatic heterocycles. The fourth-order valence-corrected chi connectivity index (χ4v) is 5.60. The van der Waals surface area contributed by atoms with Crippen molar-refractivity contribution >= 4 is 34.3 Å². The molecule has 0 bridgehead atoms. The Labute approximate surface area is 211 Å². The maximum Gasteiger partial charge on any atom is 0.255 e. The molecule has 2 atom stereocenters. The van der Waals surface area contributed by atoms with Gasteiger partial charge in [0.15, 0.2) is 0 Å². The molecule has 1 fully saturated rings. The van der Waals surface area contributed by atoms with Crippen molar-refractivity contribution < 1.29 is 19.2 Å². The Balaban J connectivity index is 1.38. The van der Waals surface area contributed by atoms with Crippen LogP contribution >= 0.6 is 11.8 Å².